The van der Waals surface area contributed by atoms with Crippen LogP contribution in [0.4, 0.5) is 5.69 Å². The van der Waals surface area contributed by atoms with Crippen LogP contribution in [0.25, 0.3) is 11.1 Å². The second-order valence-corrected chi connectivity index (χ2v) is 12.5. The molecule has 1 aliphatic heterocycles. The maximum absolute atomic E-state index is 4.27. The number of rotatable bonds is 10. The van der Waals surface area contributed by atoms with Crippen molar-refractivity contribution in [1.82, 2.24) is 0 Å². The Labute approximate surface area is 240 Å². The first-order valence-electron chi connectivity index (χ1n) is 15.4. The van der Waals surface area contributed by atoms with E-state index < -0.39 is 0 Å². The predicted molar refractivity (Wildman–Crippen MR) is 173 cm³/mol. The van der Waals surface area contributed by atoms with E-state index in [1.807, 2.05) is 0 Å². The van der Waals surface area contributed by atoms with Gasteiger partial charge in [-0.05, 0) is 83.4 Å². The standard InChI is InChI=1S/C33H41N.C5H12/c1-7-23(2)19-24(3)20-25(4)28-13-15-29(16-14-28)30-17-18-32(26(5)21-30)33-22-27(6)34(33)31-11-9-8-10-12-31;1-4-5(2)3/h8-18,21,23-25,33H,6-7,19-20,22H2,1-5H3;5H,4H2,1-3H3. The molecule has 0 N–H and O–H groups in total. The summed E-state index contributed by atoms with van der Waals surface area (Å²) < 4.78 is 0. The number of para-hydroxylation sites is 1. The lowest BCUT2D eigenvalue weighted by Crippen LogP contribution is -2.38. The molecule has 210 valence electrons. The van der Waals surface area contributed by atoms with Crippen molar-refractivity contribution in [3.05, 3.63) is 102 Å². The molecule has 3 aromatic carbocycles. The first-order valence-corrected chi connectivity index (χ1v) is 15.4. The van der Waals surface area contributed by atoms with Crippen LogP contribution in [0.2, 0.25) is 0 Å². The van der Waals surface area contributed by atoms with Gasteiger partial charge in [-0.2, -0.15) is 0 Å². The molecule has 4 rings (SSSR count). The Balaban J connectivity index is 0.000000771. The van der Waals surface area contributed by atoms with Gasteiger partial charge in [0.1, 0.15) is 0 Å². The minimum absolute atomic E-state index is 0.379. The zero-order chi connectivity index (χ0) is 28.5. The van der Waals surface area contributed by atoms with Gasteiger partial charge >= 0.3 is 0 Å². The fraction of sp³-hybridized carbons (Fsp3) is 0.474. The van der Waals surface area contributed by atoms with Crippen LogP contribution < -0.4 is 4.90 Å². The van der Waals surface area contributed by atoms with Gasteiger partial charge in [0.25, 0.3) is 0 Å². The normalized spacial score (nSPS) is 17.2. The Kier molecular flexibility index (Phi) is 11.5. The summed E-state index contributed by atoms with van der Waals surface area (Å²) in [5.41, 5.74) is 9.25. The molecular formula is C38H53N. The molecule has 4 atom stereocenters. The van der Waals surface area contributed by atoms with Gasteiger partial charge in [0.2, 0.25) is 0 Å². The minimum atomic E-state index is 0.379. The molecule has 0 spiro atoms. The molecule has 0 radical (unpaired) electrons. The predicted octanol–water partition coefficient (Wildman–Crippen LogP) is 11.7. The highest BCUT2D eigenvalue weighted by Gasteiger charge is 2.34. The molecular weight excluding hydrogens is 470 g/mol. The fourth-order valence-electron chi connectivity index (χ4n) is 5.64. The Morgan fingerprint density at radius 2 is 1.38 bits per heavy atom. The van der Waals surface area contributed by atoms with Crippen molar-refractivity contribution in [1.29, 1.82) is 0 Å². The largest absolute Gasteiger partial charge is 0.338 e. The quantitative estimate of drug-likeness (QED) is 0.255. The summed E-state index contributed by atoms with van der Waals surface area (Å²) in [4.78, 5) is 2.38. The SMILES string of the molecule is C=C1CC(c2ccc(-c3ccc(C(C)CC(C)CC(C)CC)cc3)cc2C)N1c1ccccc1.CCC(C)C. The molecule has 0 aromatic heterocycles. The smallest absolute Gasteiger partial charge is 0.0645 e. The third-order valence-electron chi connectivity index (χ3n) is 8.63. The van der Waals surface area contributed by atoms with E-state index in [2.05, 4.69) is 140 Å². The Morgan fingerprint density at radius 1 is 0.769 bits per heavy atom. The van der Waals surface area contributed by atoms with Crippen LogP contribution in [0.3, 0.4) is 0 Å². The van der Waals surface area contributed by atoms with Crippen LogP contribution in [0.5, 0.6) is 0 Å². The highest BCUT2D eigenvalue weighted by atomic mass is 15.2. The monoisotopic (exact) mass is 523 g/mol. The van der Waals surface area contributed by atoms with Crippen LogP contribution in [0.15, 0.2) is 85.1 Å². The van der Waals surface area contributed by atoms with Gasteiger partial charge in [-0.3, -0.25) is 0 Å². The van der Waals surface area contributed by atoms with E-state index in [-0.39, 0.29) is 0 Å². The zero-order valence-corrected chi connectivity index (χ0v) is 26.0. The van der Waals surface area contributed by atoms with Crippen LogP contribution >= 0.6 is 0 Å². The second-order valence-electron chi connectivity index (χ2n) is 12.5. The van der Waals surface area contributed by atoms with Crippen molar-refractivity contribution in [2.75, 3.05) is 4.90 Å². The van der Waals surface area contributed by atoms with Crippen molar-refractivity contribution in [3.8, 4) is 11.1 Å². The molecule has 4 unspecified atom stereocenters. The molecule has 0 saturated carbocycles. The zero-order valence-electron chi connectivity index (χ0n) is 26.0. The fourth-order valence-corrected chi connectivity index (χ4v) is 5.64. The average Bonchev–Trinajstić information content (AvgIpc) is 2.92. The summed E-state index contributed by atoms with van der Waals surface area (Å²) in [7, 11) is 0. The molecule has 1 nitrogen and oxygen atoms in total. The second kappa shape index (κ2) is 14.5. The number of nitrogens with zero attached hydrogens (tertiary/aromatic N) is 1. The van der Waals surface area contributed by atoms with E-state index >= 15 is 0 Å². The lowest BCUT2D eigenvalue weighted by atomic mass is 9.85. The van der Waals surface area contributed by atoms with Gasteiger partial charge in [0, 0.05) is 17.8 Å². The van der Waals surface area contributed by atoms with Crippen LogP contribution in [-0.2, 0) is 0 Å². The lowest BCUT2D eigenvalue weighted by Gasteiger charge is -2.45. The minimum Gasteiger partial charge on any atom is -0.338 e. The van der Waals surface area contributed by atoms with E-state index in [4.69, 9.17) is 0 Å². The first-order chi connectivity index (χ1) is 18.6. The highest BCUT2D eigenvalue weighted by molar-refractivity contribution is 5.67. The first kappa shape index (κ1) is 30.7. The summed E-state index contributed by atoms with van der Waals surface area (Å²) in [5.74, 6) is 3.09. The molecule has 1 heterocycles. The molecule has 1 aliphatic rings. The van der Waals surface area contributed by atoms with Crippen LogP contribution in [-0.4, -0.2) is 0 Å². The Morgan fingerprint density at radius 3 is 1.92 bits per heavy atom. The third-order valence-corrected chi connectivity index (χ3v) is 8.63. The Hall–Kier alpha value is -2.80. The lowest BCUT2D eigenvalue weighted by molar-refractivity contribution is 0.369. The highest BCUT2D eigenvalue weighted by Crippen LogP contribution is 2.45. The van der Waals surface area contributed by atoms with Crippen LogP contribution in [0, 0.1) is 24.7 Å². The average molecular weight is 524 g/mol. The van der Waals surface area contributed by atoms with Gasteiger partial charge in [-0.25, -0.2) is 0 Å². The number of hydrogen-bond donors (Lipinski definition) is 0. The van der Waals surface area contributed by atoms with Gasteiger partial charge < -0.3 is 4.90 Å². The number of benzene rings is 3. The number of anilines is 1. The summed E-state index contributed by atoms with van der Waals surface area (Å²) in [6.45, 7) is 22.6. The summed E-state index contributed by atoms with van der Waals surface area (Å²) in [6, 6.07) is 27.3. The van der Waals surface area contributed by atoms with Crippen molar-refractivity contribution in [2.24, 2.45) is 17.8 Å². The van der Waals surface area contributed by atoms with Gasteiger partial charge in [-0.1, -0.05) is 129 Å². The van der Waals surface area contributed by atoms with Gasteiger partial charge in [0.05, 0.1) is 6.04 Å². The van der Waals surface area contributed by atoms with E-state index in [9.17, 15) is 0 Å². The molecule has 1 saturated heterocycles. The maximum atomic E-state index is 4.27. The molecule has 1 heteroatoms. The molecule has 0 aliphatic carbocycles. The molecule has 0 bridgehead atoms. The van der Waals surface area contributed by atoms with Gasteiger partial charge in [-0.15, -0.1) is 0 Å². The summed E-state index contributed by atoms with van der Waals surface area (Å²) in [5, 5.41) is 0. The van der Waals surface area contributed by atoms with E-state index in [0.717, 1.165) is 24.2 Å². The topological polar surface area (TPSA) is 3.24 Å². The number of hydrogen-bond acceptors (Lipinski definition) is 1. The van der Waals surface area contributed by atoms with Crippen molar-refractivity contribution >= 4 is 5.69 Å². The van der Waals surface area contributed by atoms with E-state index in [1.54, 1.807) is 0 Å². The van der Waals surface area contributed by atoms with Crippen molar-refractivity contribution < 1.29 is 0 Å². The summed E-state index contributed by atoms with van der Waals surface area (Å²) in [6.07, 6.45) is 6.21. The van der Waals surface area contributed by atoms with E-state index in [0.29, 0.717) is 12.0 Å². The van der Waals surface area contributed by atoms with E-state index in [1.165, 1.54) is 64.9 Å². The Bertz CT molecular complexity index is 1160. The molecule has 39 heavy (non-hydrogen) atoms. The van der Waals surface area contributed by atoms with Crippen molar-refractivity contribution in [3.63, 3.8) is 0 Å². The number of aryl methyl sites for hydroxylation is 1. The molecule has 0 amide bonds. The molecule has 1 fully saturated rings. The maximum Gasteiger partial charge on any atom is 0.0645 e. The van der Waals surface area contributed by atoms with Gasteiger partial charge in [0.15, 0.2) is 0 Å². The van der Waals surface area contributed by atoms with Crippen LogP contribution in [0.1, 0.15) is 109 Å². The summed E-state index contributed by atoms with van der Waals surface area (Å²) >= 11 is 0. The molecule has 3 aromatic rings. The third kappa shape index (κ3) is 8.34. The van der Waals surface area contributed by atoms with Crippen molar-refractivity contribution in [2.45, 2.75) is 99.5 Å².